The average molecular weight is 335 g/mol. The van der Waals surface area contributed by atoms with Crippen LogP contribution in [0.15, 0.2) is 0 Å². The van der Waals surface area contributed by atoms with Crippen molar-refractivity contribution >= 4 is 0 Å². The third kappa shape index (κ3) is 6.22. The second kappa shape index (κ2) is 11.7. The van der Waals surface area contributed by atoms with Crippen molar-refractivity contribution in [2.45, 2.75) is 91.9 Å². The molecule has 2 nitrogen and oxygen atoms in total. The van der Waals surface area contributed by atoms with Crippen LogP contribution in [0.5, 0.6) is 0 Å². The Morgan fingerprint density at radius 3 is 1.04 bits per heavy atom. The fourth-order valence-electron chi connectivity index (χ4n) is 3.75. The van der Waals surface area contributed by atoms with E-state index in [1.807, 2.05) is 0 Å². The van der Waals surface area contributed by atoms with Crippen LogP contribution in [0.4, 0.5) is 0 Å². The number of rotatable bonds is 12. The Bertz CT molecular complexity index is 417. The lowest BCUT2D eigenvalue weighted by molar-refractivity contribution is 0.282. The van der Waals surface area contributed by atoms with Crippen molar-refractivity contribution in [3.8, 4) is 0 Å². The number of benzene rings is 1. The molecule has 1 rings (SSSR count). The van der Waals surface area contributed by atoms with E-state index >= 15 is 0 Å². The van der Waals surface area contributed by atoms with Crippen molar-refractivity contribution in [1.29, 1.82) is 0 Å². The normalized spacial score (nSPS) is 11.2. The van der Waals surface area contributed by atoms with Gasteiger partial charge in [0.2, 0.25) is 0 Å². The summed E-state index contributed by atoms with van der Waals surface area (Å²) in [6, 6.07) is 0. The van der Waals surface area contributed by atoms with Crippen LogP contribution in [0.25, 0.3) is 0 Å². The molecule has 2 heteroatoms. The van der Waals surface area contributed by atoms with Crippen LogP contribution in [-0.2, 0) is 12.8 Å². The molecule has 24 heavy (non-hydrogen) atoms. The molecule has 0 aliphatic carbocycles. The molecule has 0 aromatic heterocycles. The number of aliphatic hydroxyl groups excluding tert-OH is 2. The second-order valence-electron chi connectivity index (χ2n) is 7.23. The van der Waals surface area contributed by atoms with Gasteiger partial charge in [0, 0.05) is 13.2 Å². The van der Waals surface area contributed by atoms with E-state index in [1.54, 1.807) is 11.1 Å². The average Bonchev–Trinajstić information content (AvgIpc) is 2.58. The Balaban J connectivity index is 2.72. The first-order valence-corrected chi connectivity index (χ1v) is 9.84. The Hall–Kier alpha value is -0.860. The Labute approximate surface area is 149 Å². The summed E-state index contributed by atoms with van der Waals surface area (Å²) >= 11 is 0. The molecule has 0 saturated carbocycles. The summed E-state index contributed by atoms with van der Waals surface area (Å²) in [5, 5.41) is 17.8. The molecule has 0 spiro atoms. The number of aliphatic hydroxyl groups is 2. The largest absolute Gasteiger partial charge is 0.396 e. The van der Waals surface area contributed by atoms with E-state index in [-0.39, 0.29) is 0 Å². The zero-order valence-corrected chi connectivity index (χ0v) is 16.4. The Kier molecular flexibility index (Phi) is 10.3. The van der Waals surface area contributed by atoms with Crippen molar-refractivity contribution in [3.05, 3.63) is 33.4 Å². The van der Waals surface area contributed by atoms with Crippen LogP contribution < -0.4 is 0 Å². The van der Waals surface area contributed by atoms with E-state index in [9.17, 15) is 0 Å². The van der Waals surface area contributed by atoms with Gasteiger partial charge in [0.25, 0.3) is 0 Å². The molecule has 0 saturated heterocycles. The predicted octanol–water partition coefficient (Wildman–Crippen LogP) is 5.11. The van der Waals surface area contributed by atoms with Crippen molar-refractivity contribution < 1.29 is 10.2 Å². The predicted molar refractivity (Wildman–Crippen MR) is 104 cm³/mol. The number of hydrogen-bond donors (Lipinski definition) is 2. The van der Waals surface area contributed by atoms with Crippen molar-refractivity contribution in [2.75, 3.05) is 13.2 Å². The van der Waals surface area contributed by atoms with Gasteiger partial charge < -0.3 is 10.2 Å². The summed E-state index contributed by atoms with van der Waals surface area (Å²) < 4.78 is 0. The smallest absolute Gasteiger partial charge is 0.0431 e. The van der Waals surface area contributed by atoms with E-state index in [2.05, 4.69) is 27.7 Å². The molecule has 138 valence electrons. The summed E-state index contributed by atoms with van der Waals surface area (Å²) in [6.07, 6.45) is 11.4. The van der Waals surface area contributed by atoms with Gasteiger partial charge in [-0.1, -0.05) is 25.7 Å². The van der Waals surface area contributed by atoms with E-state index in [0.717, 1.165) is 25.7 Å². The molecule has 1 aromatic rings. The highest BCUT2D eigenvalue weighted by Crippen LogP contribution is 2.29. The Morgan fingerprint density at radius 2 is 0.750 bits per heavy atom. The number of unbranched alkanes of at least 4 members (excludes halogenated alkanes) is 6. The standard InChI is InChI=1S/C22H38O2/c1-17-18(2)22(14-10-6-8-12-16-24)20(4)19(3)21(17)13-9-5-7-11-15-23/h23-24H,5-16H2,1-4H3. The zero-order chi connectivity index (χ0) is 17.9. The first-order chi connectivity index (χ1) is 11.5. The van der Waals surface area contributed by atoms with Gasteiger partial charge >= 0.3 is 0 Å². The summed E-state index contributed by atoms with van der Waals surface area (Å²) in [7, 11) is 0. The highest BCUT2D eigenvalue weighted by Gasteiger charge is 2.14. The van der Waals surface area contributed by atoms with E-state index in [1.165, 1.54) is 60.8 Å². The van der Waals surface area contributed by atoms with Crippen molar-refractivity contribution in [1.82, 2.24) is 0 Å². The van der Waals surface area contributed by atoms with Gasteiger partial charge in [-0.2, -0.15) is 0 Å². The molecule has 1 aromatic carbocycles. The van der Waals surface area contributed by atoms with Crippen LogP contribution in [-0.4, -0.2) is 23.4 Å². The summed E-state index contributed by atoms with van der Waals surface area (Å²) in [6.45, 7) is 9.81. The quantitative estimate of drug-likeness (QED) is 0.521. The molecular formula is C22H38O2. The summed E-state index contributed by atoms with van der Waals surface area (Å²) in [4.78, 5) is 0. The highest BCUT2D eigenvalue weighted by atomic mass is 16.3. The lowest BCUT2D eigenvalue weighted by atomic mass is 9.85. The molecule has 0 unspecified atom stereocenters. The minimum absolute atomic E-state index is 0.323. The van der Waals surface area contributed by atoms with Crippen LogP contribution >= 0.6 is 0 Å². The van der Waals surface area contributed by atoms with E-state index < -0.39 is 0 Å². The maximum Gasteiger partial charge on any atom is 0.0431 e. The molecule has 0 bridgehead atoms. The van der Waals surface area contributed by atoms with Crippen LogP contribution in [0.3, 0.4) is 0 Å². The zero-order valence-electron chi connectivity index (χ0n) is 16.4. The molecule has 0 atom stereocenters. The van der Waals surface area contributed by atoms with E-state index in [4.69, 9.17) is 10.2 Å². The first-order valence-electron chi connectivity index (χ1n) is 9.84. The lowest BCUT2D eigenvalue weighted by Crippen LogP contribution is -2.06. The van der Waals surface area contributed by atoms with Gasteiger partial charge in [0.15, 0.2) is 0 Å². The van der Waals surface area contributed by atoms with Gasteiger partial charge in [-0.25, -0.2) is 0 Å². The molecule has 0 aliphatic rings. The second-order valence-corrected chi connectivity index (χ2v) is 7.23. The first kappa shape index (κ1) is 21.2. The molecule has 0 aliphatic heterocycles. The third-order valence-corrected chi connectivity index (χ3v) is 5.61. The highest BCUT2D eigenvalue weighted by molar-refractivity contribution is 5.50. The van der Waals surface area contributed by atoms with E-state index in [0.29, 0.717) is 13.2 Å². The molecular weight excluding hydrogens is 296 g/mol. The van der Waals surface area contributed by atoms with Crippen LogP contribution in [0.1, 0.15) is 84.7 Å². The fourth-order valence-corrected chi connectivity index (χ4v) is 3.75. The van der Waals surface area contributed by atoms with Gasteiger partial charge in [-0.15, -0.1) is 0 Å². The topological polar surface area (TPSA) is 40.5 Å². The van der Waals surface area contributed by atoms with Gasteiger partial charge in [-0.05, 0) is 99.6 Å². The monoisotopic (exact) mass is 334 g/mol. The fraction of sp³-hybridized carbons (Fsp3) is 0.727. The minimum atomic E-state index is 0.323. The van der Waals surface area contributed by atoms with Crippen molar-refractivity contribution in [3.63, 3.8) is 0 Å². The number of hydrogen-bond acceptors (Lipinski definition) is 2. The molecule has 0 heterocycles. The third-order valence-electron chi connectivity index (χ3n) is 5.61. The maximum atomic E-state index is 8.88. The van der Waals surface area contributed by atoms with Crippen LogP contribution in [0, 0.1) is 27.7 Å². The Morgan fingerprint density at radius 1 is 0.458 bits per heavy atom. The van der Waals surface area contributed by atoms with Crippen molar-refractivity contribution in [2.24, 2.45) is 0 Å². The van der Waals surface area contributed by atoms with Gasteiger partial charge in [0.05, 0.1) is 0 Å². The molecule has 2 N–H and O–H groups in total. The SMILES string of the molecule is Cc1c(C)c(CCCCCCO)c(C)c(C)c1CCCCCCO. The summed E-state index contributed by atoms with van der Waals surface area (Å²) in [5.41, 5.74) is 9.07. The molecule has 0 radical (unpaired) electrons. The molecule has 0 fully saturated rings. The van der Waals surface area contributed by atoms with Crippen LogP contribution in [0.2, 0.25) is 0 Å². The summed E-state index contributed by atoms with van der Waals surface area (Å²) in [5.74, 6) is 0. The van der Waals surface area contributed by atoms with Gasteiger partial charge in [0.1, 0.15) is 0 Å². The lowest BCUT2D eigenvalue weighted by Gasteiger charge is -2.21. The molecule has 0 amide bonds. The maximum absolute atomic E-state index is 8.88. The van der Waals surface area contributed by atoms with Gasteiger partial charge in [-0.3, -0.25) is 0 Å². The minimum Gasteiger partial charge on any atom is -0.396 e.